The third kappa shape index (κ3) is 3.03. The van der Waals surface area contributed by atoms with Gasteiger partial charge in [-0.05, 0) is 38.6 Å². The van der Waals surface area contributed by atoms with Gasteiger partial charge in [-0.2, -0.15) is 0 Å². The van der Waals surface area contributed by atoms with Crippen LogP contribution in [-0.4, -0.2) is 57.7 Å². The maximum Gasteiger partial charge on any atom is 0.147 e. The van der Waals surface area contributed by atoms with Crippen molar-refractivity contribution in [3.05, 3.63) is 29.3 Å². The van der Waals surface area contributed by atoms with E-state index in [-0.39, 0.29) is 6.10 Å². The van der Waals surface area contributed by atoms with Crippen LogP contribution in [0.15, 0.2) is 18.2 Å². The lowest BCUT2D eigenvalue weighted by Crippen LogP contribution is -2.57. The number of hydrogen-bond acceptors (Lipinski definition) is 5. The summed E-state index contributed by atoms with van der Waals surface area (Å²) in [6.07, 6.45) is 4.76. The zero-order valence-corrected chi connectivity index (χ0v) is 16.9. The Morgan fingerprint density at radius 1 is 1.08 bits per heavy atom. The second-order valence-corrected chi connectivity index (χ2v) is 6.38. The molecule has 2 atom stereocenters. The molecule has 2 rings (SSSR count). The minimum atomic E-state index is -0.880. The van der Waals surface area contributed by atoms with Gasteiger partial charge in [0.25, 0.3) is 0 Å². The molecule has 0 saturated carbocycles. The maximum absolute atomic E-state index is 12.7. The number of benzene rings is 1. The van der Waals surface area contributed by atoms with E-state index < -0.39 is 5.54 Å². The minimum Gasteiger partial charge on any atom is -0.495 e. The Balaban J connectivity index is 2.92. The number of nitrogens with zero attached hydrogens (tertiary/aromatic N) is 2. The highest BCUT2D eigenvalue weighted by atomic mass is 16.5. The van der Waals surface area contributed by atoms with Crippen molar-refractivity contribution in [2.45, 2.75) is 39.3 Å². The quantitative estimate of drug-likeness (QED) is 0.632. The molecule has 0 aliphatic heterocycles. The predicted octanol–water partition coefficient (Wildman–Crippen LogP) is 3.32. The first-order chi connectivity index (χ1) is 12.6. The van der Waals surface area contributed by atoms with Crippen LogP contribution in [0.5, 0.6) is 5.75 Å². The molecule has 1 aromatic rings. The highest BCUT2D eigenvalue weighted by Crippen LogP contribution is 2.47. The Bertz CT molecular complexity index is 651. The number of hydrogen-bond donors (Lipinski definition) is 0. The van der Waals surface area contributed by atoms with Crippen LogP contribution in [0.2, 0.25) is 0 Å². The van der Waals surface area contributed by atoms with E-state index in [1.54, 1.807) is 14.2 Å². The summed E-state index contributed by atoms with van der Waals surface area (Å²) >= 11 is 0. The Morgan fingerprint density at radius 3 is 2.19 bits per heavy atom. The SMILES string of the molecule is CCN(CC)c1c(OC)ccc2c1C(C=O)(N(CC)CC)C(OC)C=C2. The number of fused-ring (bicyclic) bond motifs is 1. The first kappa shape index (κ1) is 20.5. The van der Waals surface area contributed by atoms with Crippen LogP contribution in [0.25, 0.3) is 6.08 Å². The average molecular weight is 360 g/mol. The third-order valence-electron chi connectivity index (χ3n) is 5.48. The van der Waals surface area contributed by atoms with Crippen molar-refractivity contribution >= 4 is 18.0 Å². The van der Waals surface area contributed by atoms with Gasteiger partial charge in [0.1, 0.15) is 23.7 Å². The van der Waals surface area contributed by atoms with Gasteiger partial charge in [-0.25, -0.2) is 0 Å². The van der Waals surface area contributed by atoms with Gasteiger partial charge in [0.15, 0.2) is 0 Å². The summed E-state index contributed by atoms with van der Waals surface area (Å²) in [7, 11) is 3.35. The first-order valence-electron chi connectivity index (χ1n) is 9.48. The molecule has 1 aliphatic rings. The molecule has 0 bridgehead atoms. The summed E-state index contributed by atoms with van der Waals surface area (Å²) in [5, 5.41) is 0. The summed E-state index contributed by atoms with van der Waals surface area (Å²) < 4.78 is 11.5. The molecule has 0 saturated heterocycles. The number of carbonyl (C=O) groups is 1. The minimum absolute atomic E-state index is 0.353. The van der Waals surface area contributed by atoms with Gasteiger partial charge in [0, 0.05) is 25.8 Å². The van der Waals surface area contributed by atoms with Crippen LogP contribution in [0.3, 0.4) is 0 Å². The number of likely N-dealkylation sites (N-methyl/N-ethyl adjacent to an activating group) is 1. The molecular weight excluding hydrogens is 328 g/mol. The Morgan fingerprint density at radius 2 is 1.73 bits per heavy atom. The van der Waals surface area contributed by atoms with Crippen molar-refractivity contribution in [3.8, 4) is 5.75 Å². The Kier molecular flexibility index (Phi) is 6.84. The fourth-order valence-corrected chi connectivity index (χ4v) is 4.19. The van der Waals surface area contributed by atoms with E-state index in [0.717, 1.165) is 55.0 Å². The molecule has 5 heteroatoms. The molecule has 26 heavy (non-hydrogen) atoms. The lowest BCUT2D eigenvalue weighted by atomic mass is 9.75. The maximum atomic E-state index is 12.7. The van der Waals surface area contributed by atoms with E-state index in [4.69, 9.17) is 9.47 Å². The van der Waals surface area contributed by atoms with Gasteiger partial charge < -0.3 is 19.2 Å². The lowest BCUT2D eigenvalue weighted by Gasteiger charge is -2.47. The fourth-order valence-electron chi connectivity index (χ4n) is 4.19. The second-order valence-electron chi connectivity index (χ2n) is 6.38. The molecule has 0 aromatic heterocycles. The molecular formula is C21H32N2O3. The molecule has 0 amide bonds. The molecule has 0 radical (unpaired) electrons. The number of anilines is 1. The van der Waals surface area contributed by atoms with Crippen molar-refractivity contribution in [3.63, 3.8) is 0 Å². The van der Waals surface area contributed by atoms with Crippen LogP contribution in [0.4, 0.5) is 5.69 Å². The molecule has 1 aromatic carbocycles. The van der Waals surface area contributed by atoms with Crippen molar-refractivity contribution in [2.24, 2.45) is 0 Å². The van der Waals surface area contributed by atoms with Crippen molar-refractivity contribution in [1.82, 2.24) is 4.90 Å². The van der Waals surface area contributed by atoms with Crippen molar-refractivity contribution in [2.75, 3.05) is 45.3 Å². The second kappa shape index (κ2) is 8.69. The van der Waals surface area contributed by atoms with E-state index in [2.05, 4.69) is 43.6 Å². The molecule has 2 unspecified atom stereocenters. The molecule has 1 aliphatic carbocycles. The van der Waals surface area contributed by atoms with Gasteiger partial charge in [-0.15, -0.1) is 0 Å². The van der Waals surface area contributed by atoms with Crippen LogP contribution >= 0.6 is 0 Å². The van der Waals surface area contributed by atoms with Crippen LogP contribution in [0.1, 0.15) is 38.8 Å². The van der Waals surface area contributed by atoms with Crippen molar-refractivity contribution in [1.29, 1.82) is 0 Å². The van der Waals surface area contributed by atoms with E-state index in [1.807, 2.05) is 18.2 Å². The highest BCUT2D eigenvalue weighted by molar-refractivity contribution is 5.85. The highest BCUT2D eigenvalue weighted by Gasteiger charge is 2.49. The largest absolute Gasteiger partial charge is 0.495 e. The van der Waals surface area contributed by atoms with Gasteiger partial charge in [0.2, 0.25) is 0 Å². The zero-order chi connectivity index (χ0) is 19.3. The van der Waals surface area contributed by atoms with E-state index in [9.17, 15) is 4.79 Å². The summed E-state index contributed by atoms with van der Waals surface area (Å²) in [5.41, 5.74) is 2.13. The normalized spacial score (nSPS) is 21.6. The van der Waals surface area contributed by atoms with Crippen LogP contribution < -0.4 is 9.64 Å². The van der Waals surface area contributed by atoms with Gasteiger partial charge in [-0.3, -0.25) is 4.90 Å². The van der Waals surface area contributed by atoms with Crippen LogP contribution in [0, 0.1) is 0 Å². The van der Waals surface area contributed by atoms with Gasteiger partial charge in [0.05, 0.1) is 12.8 Å². The molecule has 0 N–H and O–H groups in total. The number of ether oxygens (including phenoxy) is 2. The van der Waals surface area contributed by atoms with Crippen molar-refractivity contribution < 1.29 is 14.3 Å². The van der Waals surface area contributed by atoms with E-state index in [0.29, 0.717) is 0 Å². The smallest absolute Gasteiger partial charge is 0.147 e. The fraction of sp³-hybridized carbons (Fsp3) is 0.571. The number of aldehydes is 1. The predicted molar refractivity (Wildman–Crippen MR) is 107 cm³/mol. The molecule has 0 fully saturated rings. The summed E-state index contributed by atoms with van der Waals surface area (Å²) in [6, 6.07) is 4.02. The van der Waals surface area contributed by atoms with Gasteiger partial charge >= 0.3 is 0 Å². The summed E-state index contributed by atoms with van der Waals surface area (Å²) in [6.45, 7) is 11.6. The lowest BCUT2D eigenvalue weighted by molar-refractivity contribution is -0.127. The van der Waals surface area contributed by atoms with Crippen LogP contribution in [-0.2, 0) is 15.1 Å². The van der Waals surface area contributed by atoms with Gasteiger partial charge in [-0.1, -0.05) is 32.1 Å². The summed E-state index contributed by atoms with van der Waals surface area (Å²) in [4.78, 5) is 17.1. The number of rotatable bonds is 9. The Hall–Kier alpha value is -1.85. The molecule has 0 spiro atoms. The number of carbonyl (C=O) groups excluding carboxylic acids is 1. The molecule has 0 heterocycles. The Labute approximate surface area is 157 Å². The monoisotopic (exact) mass is 360 g/mol. The topological polar surface area (TPSA) is 42.0 Å². The standard InChI is InChI=1S/C21H32N2O3/c1-7-22(8-2)20-17(25-5)13-11-16-12-14-18(26-6)21(15-24,19(16)20)23(9-3)10-4/h11-15,18H,7-10H2,1-6H3. The summed E-state index contributed by atoms with van der Waals surface area (Å²) in [5.74, 6) is 0.788. The average Bonchev–Trinajstić information content (AvgIpc) is 2.69. The first-order valence-corrected chi connectivity index (χ1v) is 9.48. The van der Waals surface area contributed by atoms with E-state index >= 15 is 0 Å². The molecule has 144 valence electrons. The van der Waals surface area contributed by atoms with E-state index in [1.165, 1.54) is 0 Å². The zero-order valence-electron chi connectivity index (χ0n) is 16.9. The number of methoxy groups -OCH3 is 2. The molecule has 5 nitrogen and oxygen atoms in total. The third-order valence-corrected chi connectivity index (χ3v) is 5.48.